The summed E-state index contributed by atoms with van der Waals surface area (Å²) < 4.78 is 0. The van der Waals surface area contributed by atoms with Crippen LogP contribution < -0.4 is 10.9 Å². The van der Waals surface area contributed by atoms with E-state index in [9.17, 15) is 14.4 Å². The van der Waals surface area contributed by atoms with Gasteiger partial charge in [-0.05, 0) is 29.7 Å². The summed E-state index contributed by atoms with van der Waals surface area (Å²) in [5, 5.41) is 2.77. The van der Waals surface area contributed by atoms with Crippen molar-refractivity contribution in [2.75, 3.05) is 26.2 Å². The summed E-state index contributed by atoms with van der Waals surface area (Å²) in [6.07, 6.45) is 1.56. The van der Waals surface area contributed by atoms with E-state index >= 15 is 0 Å². The number of nitrogens with one attached hydrogen (secondary N) is 2. The minimum atomic E-state index is -0.225. The fourth-order valence-electron chi connectivity index (χ4n) is 3.18. The maximum absolute atomic E-state index is 12.7. The topological polar surface area (TPSA) is 85.5 Å². The number of benzene rings is 1. The maximum atomic E-state index is 12.7. The molecular formula is C21H26N4O3. The highest BCUT2D eigenvalue weighted by molar-refractivity contribution is 5.94. The molecule has 0 saturated carbocycles. The molecule has 1 saturated heterocycles. The minimum Gasteiger partial charge on any atom is -0.335 e. The lowest BCUT2D eigenvalue weighted by Crippen LogP contribution is -2.53. The molecule has 148 valence electrons. The molecule has 0 unspecified atom stereocenters. The van der Waals surface area contributed by atoms with Gasteiger partial charge in [-0.2, -0.15) is 0 Å². The first-order valence-electron chi connectivity index (χ1n) is 9.54. The van der Waals surface area contributed by atoms with E-state index in [-0.39, 0.29) is 24.0 Å². The van der Waals surface area contributed by atoms with Gasteiger partial charge < -0.3 is 20.1 Å². The summed E-state index contributed by atoms with van der Waals surface area (Å²) in [4.78, 5) is 42.7. The highest BCUT2D eigenvalue weighted by atomic mass is 16.2. The van der Waals surface area contributed by atoms with Crippen LogP contribution in [-0.4, -0.2) is 52.9 Å². The molecule has 0 bridgehead atoms. The van der Waals surface area contributed by atoms with Crippen molar-refractivity contribution >= 4 is 11.9 Å². The summed E-state index contributed by atoms with van der Waals surface area (Å²) in [5.41, 5.74) is 2.18. The molecule has 0 aliphatic carbocycles. The molecule has 2 N–H and O–H groups in total. The van der Waals surface area contributed by atoms with Crippen LogP contribution in [0.4, 0.5) is 4.79 Å². The monoisotopic (exact) mass is 382 g/mol. The lowest BCUT2D eigenvalue weighted by atomic mass is 10.0. The summed E-state index contributed by atoms with van der Waals surface area (Å²) >= 11 is 0. The van der Waals surface area contributed by atoms with Crippen molar-refractivity contribution in [2.45, 2.75) is 26.3 Å². The van der Waals surface area contributed by atoms with E-state index in [1.54, 1.807) is 28.1 Å². The highest BCUT2D eigenvalue weighted by Crippen LogP contribution is 2.16. The largest absolute Gasteiger partial charge is 0.335 e. The van der Waals surface area contributed by atoms with Crippen LogP contribution in [0, 0.1) is 0 Å². The molecule has 28 heavy (non-hydrogen) atoms. The number of carbonyl (C=O) groups excluding carboxylic acids is 2. The number of H-pyrrole nitrogens is 1. The number of nitrogens with zero attached hydrogens (tertiary/aromatic N) is 2. The zero-order valence-corrected chi connectivity index (χ0v) is 16.3. The summed E-state index contributed by atoms with van der Waals surface area (Å²) in [7, 11) is 0. The predicted octanol–water partition coefficient (Wildman–Crippen LogP) is 2.17. The van der Waals surface area contributed by atoms with Gasteiger partial charge in [0.15, 0.2) is 0 Å². The first-order chi connectivity index (χ1) is 13.5. The van der Waals surface area contributed by atoms with Gasteiger partial charge in [-0.15, -0.1) is 0 Å². The van der Waals surface area contributed by atoms with Gasteiger partial charge in [0.1, 0.15) is 0 Å². The molecule has 7 nitrogen and oxygen atoms in total. The lowest BCUT2D eigenvalue weighted by Gasteiger charge is -2.34. The number of urea groups is 1. The Morgan fingerprint density at radius 1 is 1.04 bits per heavy atom. The fourth-order valence-corrected chi connectivity index (χ4v) is 3.18. The Balaban J connectivity index is 1.50. The molecule has 3 rings (SSSR count). The fraction of sp³-hybridized carbons (Fsp3) is 0.381. The van der Waals surface area contributed by atoms with Gasteiger partial charge in [-0.1, -0.05) is 32.0 Å². The number of rotatable bonds is 4. The molecule has 2 heterocycles. The Morgan fingerprint density at radius 2 is 1.68 bits per heavy atom. The molecule has 3 amide bonds. The molecule has 0 atom stereocenters. The number of amides is 3. The van der Waals surface area contributed by atoms with Crippen molar-refractivity contribution in [1.29, 1.82) is 0 Å². The van der Waals surface area contributed by atoms with E-state index in [2.05, 4.69) is 24.1 Å². The van der Waals surface area contributed by atoms with Crippen molar-refractivity contribution in [2.24, 2.45) is 0 Å². The van der Waals surface area contributed by atoms with Crippen LogP contribution in [0.5, 0.6) is 0 Å². The third-order valence-corrected chi connectivity index (χ3v) is 5.01. The zero-order chi connectivity index (χ0) is 20.1. The van der Waals surface area contributed by atoms with Gasteiger partial charge >= 0.3 is 6.03 Å². The molecule has 1 fully saturated rings. The molecule has 7 heteroatoms. The Kier molecular flexibility index (Phi) is 6.13. The Labute approximate surface area is 164 Å². The molecule has 1 aliphatic heterocycles. The molecule has 1 aromatic heterocycles. The van der Waals surface area contributed by atoms with Crippen molar-refractivity contribution < 1.29 is 9.59 Å². The minimum absolute atomic E-state index is 0.00816. The molecule has 0 radical (unpaired) electrons. The van der Waals surface area contributed by atoms with Crippen LogP contribution in [-0.2, 0) is 6.54 Å². The summed E-state index contributed by atoms with van der Waals surface area (Å²) in [6.45, 7) is 6.33. The van der Waals surface area contributed by atoms with E-state index in [0.717, 1.165) is 0 Å². The second-order valence-electron chi connectivity index (χ2n) is 7.24. The number of aromatic nitrogens is 1. The van der Waals surface area contributed by atoms with E-state index in [1.807, 2.05) is 24.3 Å². The van der Waals surface area contributed by atoms with Gasteiger partial charge in [-0.25, -0.2) is 4.79 Å². The maximum Gasteiger partial charge on any atom is 0.317 e. The van der Waals surface area contributed by atoms with E-state index in [0.29, 0.717) is 43.2 Å². The second-order valence-corrected chi connectivity index (χ2v) is 7.24. The van der Waals surface area contributed by atoms with Crippen molar-refractivity contribution in [1.82, 2.24) is 20.1 Å². The first kappa shape index (κ1) is 19.7. The second kappa shape index (κ2) is 8.73. The van der Waals surface area contributed by atoms with E-state index in [4.69, 9.17) is 0 Å². The molecular weight excluding hydrogens is 356 g/mol. The smallest absolute Gasteiger partial charge is 0.317 e. The predicted molar refractivity (Wildman–Crippen MR) is 107 cm³/mol. The molecule has 0 spiro atoms. The average molecular weight is 382 g/mol. The van der Waals surface area contributed by atoms with Crippen LogP contribution in [0.2, 0.25) is 0 Å². The normalized spacial score (nSPS) is 14.2. The third-order valence-electron chi connectivity index (χ3n) is 5.01. The van der Waals surface area contributed by atoms with Crippen molar-refractivity contribution in [3.05, 3.63) is 69.6 Å². The van der Waals surface area contributed by atoms with E-state index in [1.165, 1.54) is 5.56 Å². The van der Waals surface area contributed by atoms with Crippen LogP contribution in [0.15, 0.2) is 47.4 Å². The van der Waals surface area contributed by atoms with Gasteiger partial charge in [0, 0.05) is 50.0 Å². The number of carbonyl (C=O) groups is 2. The lowest BCUT2D eigenvalue weighted by molar-refractivity contribution is 0.0665. The highest BCUT2D eigenvalue weighted by Gasteiger charge is 2.24. The zero-order valence-electron chi connectivity index (χ0n) is 16.3. The van der Waals surface area contributed by atoms with Crippen molar-refractivity contribution in [3.8, 4) is 0 Å². The van der Waals surface area contributed by atoms with Gasteiger partial charge in [0.2, 0.25) is 0 Å². The summed E-state index contributed by atoms with van der Waals surface area (Å²) in [6, 6.07) is 10.9. The number of hydrogen-bond acceptors (Lipinski definition) is 3. The van der Waals surface area contributed by atoms with Crippen molar-refractivity contribution in [3.63, 3.8) is 0 Å². The van der Waals surface area contributed by atoms with Gasteiger partial charge in [0.05, 0.1) is 0 Å². The van der Waals surface area contributed by atoms with Gasteiger partial charge in [-0.3, -0.25) is 9.59 Å². The quantitative estimate of drug-likeness (QED) is 0.850. The molecule has 1 aromatic carbocycles. The Hall–Kier alpha value is -3.09. The van der Waals surface area contributed by atoms with Crippen LogP contribution in [0.1, 0.15) is 41.3 Å². The SMILES string of the molecule is CC(C)c1ccc(C(=O)N2CCN(C(=O)NCc3ccc[nH]c3=O)CC2)cc1. The number of aromatic amines is 1. The standard InChI is InChI=1S/C21H26N4O3/c1-15(2)16-5-7-17(8-6-16)20(27)24-10-12-25(13-11-24)21(28)23-14-18-4-3-9-22-19(18)26/h3-9,15H,10-14H2,1-2H3,(H,22,26)(H,23,28). The molecule has 2 aromatic rings. The number of pyridine rings is 1. The third kappa shape index (κ3) is 4.60. The van der Waals surface area contributed by atoms with E-state index < -0.39 is 0 Å². The average Bonchev–Trinajstić information content (AvgIpc) is 2.72. The Bertz CT molecular complexity index is 881. The van der Waals surface area contributed by atoms with Crippen LogP contribution in [0.25, 0.3) is 0 Å². The van der Waals surface area contributed by atoms with Gasteiger partial charge in [0.25, 0.3) is 11.5 Å². The first-order valence-corrected chi connectivity index (χ1v) is 9.54. The number of hydrogen-bond donors (Lipinski definition) is 2. The number of piperazine rings is 1. The summed E-state index contributed by atoms with van der Waals surface area (Å²) in [5.74, 6) is 0.420. The van der Waals surface area contributed by atoms with Crippen LogP contribution in [0.3, 0.4) is 0 Å². The Morgan fingerprint density at radius 3 is 2.29 bits per heavy atom. The molecule has 1 aliphatic rings. The van der Waals surface area contributed by atoms with Crippen LogP contribution >= 0.6 is 0 Å².